The molecule has 120 valence electrons. The van der Waals surface area contributed by atoms with Crippen LogP contribution < -0.4 is 5.32 Å². The maximum absolute atomic E-state index is 5.93. The lowest BCUT2D eigenvalue weighted by atomic mass is 10.1. The highest BCUT2D eigenvalue weighted by atomic mass is 16.5. The predicted molar refractivity (Wildman–Crippen MR) is 85.3 cm³/mol. The minimum atomic E-state index is 0.128. The summed E-state index contributed by atoms with van der Waals surface area (Å²) in [5.74, 6) is 2.09. The number of hydrogen-bond acceptors (Lipinski definition) is 4. The molecule has 0 atom stereocenters. The largest absolute Gasteiger partial charge is 0.465 e. The number of furan rings is 1. The Labute approximate surface area is 128 Å². The van der Waals surface area contributed by atoms with Gasteiger partial charge >= 0.3 is 0 Å². The summed E-state index contributed by atoms with van der Waals surface area (Å²) in [6, 6.07) is 2.81. The first-order chi connectivity index (χ1) is 9.85. The molecule has 0 unspecified atom stereocenters. The van der Waals surface area contributed by atoms with Gasteiger partial charge in [-0.3, -0.25) is 4.90 Å². The Bertz CT molecular complexity index is 442. The minimum absolute atomic E-state index is 0.128. The first-order valence-electron chi connectivity index (χ1n) is 7.96. The zero-order valence-corrected chi connectivity index (χ0v) is 14.2. The van der Waals surface area contributed by atoms with E-state index in [9.17, 15) is 0 Å². The van der Waals surface area contributed by atoms with Gasteiger partial charge in [0.1, 0.15) is 11.5 Å². The second-order valence-corrected chi connectivity index (χ2v) is 7.16. The second kappa shape index (κ2) is 6.95. The quantitative estimate of drug-likeness (QED) is 0.905. The molecular formula is C17H30N2O2. The maximum Gasteiger partial charge on any atom is 0.118 e. The van der Waals surface area contributed by atoms with Crippen molar-refractivity contribution in [3.05, 3.63) is 23.2 Å². The number of nitrogens with zero attached hydrogens (tertiary/aromatic N) is 1. The van der Waals surface area contributed by atoms with Gasteiger partial charge in [-0.15, -0.1) is 0 Å². The molecule has 0 spiro atoms. The van der Waals surface area contributed by atoms with Gasteiger partial charge in [0.25, 0.3) is 0 Å². The highest BCUT2D eigenvalue weighted by molar-refractivity contribution is 5.21. The van der Waals surface area contributed by atoms with Crippen LogP contribution in [0, 0.1) is 6.92 Å². The van der Waals surface area contributed by atoms with Crippen LogP contribution in [-0.2, 0) is 17.8 Å². The average molecular weight is 294 g/mol. The molecule has 1 aliphatic heterocycles. The van der Waals surface area contributed by atoms with Gasteiger partial charge in [0, 0.05) is 36.9 Å². The van der Waals surface area contributed by atoms with Crippen molar-refractivity contribution in [1.29, 1.82) is 0 Å². The summed E-state index contributed by atoms with van der Waals surface area (Å²) in [4.78, 5) is 2.39. The van der Waals surface area contributed by atoms with E-state index in [0.717, 1.165) is 50.7 Å². The van der Waals surface area contributed by atoms with Crippen molar-refractivity contribution in [3.8, 4) is 0 Å². The summed E-state index contributed by atoms with van der Waals surface area (Å²) in [7, 11) is 2.18. The van der Waals surface area contributed by atoms with Crippen LogP contribution in [0.4, 0.5) is 0 Å². The van der Waals surface area contributed by atoms with Crippen LogP contribution in [0.15, 0.2) is 10.5 Å². The van der Waals surface area contributed by atoms with Gasteiger partial charge in [-0.1, -0.05) is 0 Å². The van der Waals surface area contributed by atoms with E-state index >= 15 is 0 Å². The fourth-order valence-corrected chi connectivity index (χ4v) is 2.70. The lowest BCUT2D eigenvalue weighted by molar-refractivity contribution is 0.0387. The molecule has 2 rings (SSSR count). The first kappa shape index (κ1) is 16.5. The summed E-state index contributed by atoms with van der Waals surface area (Å²) < 4.78 is 11.4. The van der Waals surface area contributed by atoms with Crippen molar-refractivity contribution in [1.82, 2.24) is 10.2 Å². The Morgan fingerprint density at radius 1 is 1.29 bits per heavy atom. The van der Waals surface area contributed by atoms with Crippen LogP contribution in [-0.4, -0.2) is 36.7 Å². The fraction of sp³-hybridized carbons (Fsp3) is 0.765. The number of rotatable bonds is 5. The number of ether oxygens (including phenoxy) is 1. The summed E-state index contributed by atoms with van der Waals surface area (Å²) >= 11 is 0. The van der Waals surface area contributed by atoms with Crippen molar-refractivity contribution in [3.63, 3.8) is 0 Å². The molecular weight excluding hydrogens is 264 g/mol. The Balaban J connectivity index is 1.91. The van der Waals surface area contributed by atoms with Crippen LogP contribution in [0.25, 0.3) is 0 Å². The molecule has 21 heavy (non-hydrogen) atoms. The topological polar surface area (TPSA) is 37.6 Å². The smallest absolute Gasteiger partial charge is 0.118 e. The molecule has 1 aromatic rings. The van der Waals surface area contributed by atoms with Crippen molar-refractivity contribution in [2.75, 3.05) is 20.3 Å². The Kier molecular flexibility index (Phi) is 5.47. The molecule has 0 aliphatic carbocycles. The van der Waals surface area contributed by atoms with E-state index in [1.54, 1.807) is 0 Å². The maximum atomic E-state index is 5.93. The van der Waals surface area contributed by atoms with Gasteiger partial charge in [-0.2, -0.15) is 0 Å². The molecule has 0 saturated carbocycles. The van der Waals surface area contributed by atoms with Crippen molar-refractivity contribution < 1.29 is 9.15 Å². The van der Waals surface area contributed by atoms with Crippen LogP contribution in [0.1, 0.15) is 50.7 Å². The van der Waals surface area contributed by atoms with Gasteiger partial charge in [-0.25, -0.2) is 0 Å². The van der Waals surface area contributed by atoms with E-state index in [0.29, 0.717) is 6.04 Å². The average Bonchev–Trinajstić information content (AvgIpc) is 2.77. The zero-order valence-electron chi connectivity index (χ0n) is 14.2. The summed E-state index contributed by atoms with van der Waals surface area (Å²) in [6.45, 7) is 12.1. The van der Waals surface area contributed by atoms with E-state index in [4.69, 9.17) is 9.15 Å². The molecule has 4 heteroatoms. The summed E-state index contributed by atoms with van der Waals surface area (Å²) in [6.07, 6.45) is 2.24. The summed E-state index contributed by atoms with van der Waals surface area (Å²) in [5.41, 5.74) is 1.39. The van der Waals surface area contributed by atoms with Crippen LogP contribution in [0.5, 0.6) is 0 Å². The van der Waals surface area contributed by atoms with E-state index in [-0.39, 0.29) is 5.54 Å². The monoisotopic (exact) mass is 294 g/mol. The fourth-order valence-electron chi connectivity index (χ4n) is 2.70. The highest BCUT2D eigenvalue weighted by Gasteiger charge is 2.20. The molecule has 0 bridgehead atoms. The predicted octanol–water partition coefficient (Wildman–Crippen LogP) is 3.09. The summed E-state index contributed by atoms with van der Waals surface area (Å²) in [5, 5.41) is 3.52. The Morgan fingerprint density at radius 2 is 1.95 bits per heavy atom. The van der Waals surface area contributed by atoms with Gasteiger partial charge < -0.3 is 14.5 Å². The first-order valence-corrected chi connectivity index (χ1v) is 7.96. The molecule has 2 heterocycles. The van der Waals surface area contributed by atoms with E-state index in [2.05, 4.69) is 51.0 Å². The Morgan fingerprint density at radius 3 is 2.57 bits per heavy atom. The van der Waals surface area contributed by atoms with Gasteiger partial charge in [-0.05, 0) is 53.7 Å². The Hall–Kier alpha value is -0.840. The molecule has 0 radical (unpaired) electrons. The molecule has 1 aromatic heterocycles. The highest BCUT2D eigenvalue weighted by Crippen LogP contribution is 2.20. The van der Waals surface area contributed by atoms with Gasteiger partial charge in [0.15, 0.2) is 0 Å². The molecule has 0 amide bonds. The number of hydrogen-bond donors (Lipinski definition) is 1. The standard InChI is InChI=1S/C17H30N2O2/c1-13-14(11-18-17(2,3)4)10-16(21-13)12-19(5)15-6-8-20-9-7-15/h10,15,18H,6-9,11-12H2,1-5H3. The van der Waals surface area contributed by atoms with Crippen LogP contribution >= 0.6 is 0 Å². The third-order valence-electron chi connectivity index (χ3n) is 4.10. The third kappa shape index (κ3) is 5.13. The van der Waals surface area contributed by atoms with Crippen molar-refractivity contribution >= 4 is 0 Å². The van der Waals surface area contributed by atoms with E-state index < -0.39 is 0 Å². The second-order valence-electron chi connectivity index (χ2n) is 7.16. The van der Waals surface area contributed by atoms with Crippen molar-refractivity contribution in [2.45, 2.75) is 65.2 Å². The molecule has 4 nitrogen and oxygen atoms in total. The molecule has 0 aromatic carbocycles. The molecule has 1 N–H and O–H groups in total. The van der Waals surface area contributed by atoms with Crippen molar-refractivity contribution in [2.24, 2.45) is 0 Å². The SMILES string of the molecule is Cc1oc(CN(C)C2CCOCC2)cc1CNC(C)(C)C. The number of nitrogens with one attached hydrogen (secondary N) is 1. The third-order valence-corrected chi connectivity index (χ3v) is 4.10. The van der Waals surface area contributed by atoms with E-state index in [1.807, 2.05) is 0 Å². The van der Waals surface area contributed by atoms with Gasteiger partial charge in [0.2, 0.25) is 0 Å². The van der Waals surface area contributed by atoms with Crippen LogP contribution in [0.3, 0.4) is 0 Å². The van der Waals surface area contributed by atoms with Crippen LogP contribution in [0.2, 0.25) is 0 Å². The molecule has 1 aliphatic rings. The van der Waals surface area contributed by atoms with Gasteiger partial charge in [0.05, 0.1) is 6.54 Å². The minimum Gasteiger partial charge on any atom is -0.465 e. The van der Waals surface area contributed by atoms with E-state index in [1.165, 1.54) is 5.56 Å². The molecule has 1 saturated heterocycles. The normalized spacial score (nSPS) is 17.6. The lowest BCUT2D eigenvalue weighted by Gasteiger charge is -2.30. The lowest BCUT2D eigenvalue weighted by Crippen LogP contribution is -2.36. The zero-order chi connectivity index (χ0) is 15.5. The number of aryl methyl sites for hydroxylation is 1. The molecule has 1 fully saturated rings.